The molecule has 1 aromatic rings. The van der Waals surface area contributed by atoms with Crippen molar-refractivity contribution in [3.8, 4) is 0 Å². The molecule has 4 rings (SSSR count). The van der Waals surface area contributed by atoms with Gasteiger partial charge in [-0.3, -0.25) is 24.9 Å². The van der Waals surface area contributed by atoms with Gasteiger partial charge in [0.2, 0.25) is 5.78 Å². The van der Waals surface area contributed by atoms with Gasteiger partial charge in [0, 0.05) is 29.5 Å². The maximum Gasteiger partial charge on any atom is 0.321 e. The zero-order valence-corrected chi connectivity index (χ0v) is 13.9. The second-order valence-corrected chi connectivity index (χ2v) is 5.71. The van der Waals surface area contributed by atoms with Gasteiger partial charge in [-0.15, -0.1) is 0 Å². The van der Waals surface area contributed by atoms with Crippen LogP contribution in [0.15, 0.2) is 81.2 Å². The van der Waals surface area contributed by atoms with Gasteiger partial charge in [-0.05, 0) is 18.2 Å². The molecule has 140 valence electrons. The molecule has 0 saturated heterocycles. The van der Waals surface area contributed by atoms with E-state index in [2.05, 4.69) is 10.5 Å². The van der Waals surface area contributed by atoms with Gasteiger partial charge in [-0.1, -0.05) is 0 Å². The largest absolute Gasteiger partial charge is 0.472 e. The van der Waals surface area contributed by atoms with Gasteiger partial charge in [0.1, 0.15) is 0 Å². The Bertz CT molecular complexity index is 1090. The molecule has 11 heteroatoms. The van der Waals surface area contributed by atoms with Crippen molar-refractivity contribution < 1.29 is 29.0 Å². The minimum absolute atomic E-state index is 0.0120. The minimum Gasteiger partial charge on any atom is -0.472 e. The number of aliphatic imine (C=N–C) groups is 1. The third-order valence-corrected chi connectivity index (χ3v) is 3.96. The summed E-state index contributed by atoms with van der Waals surface area (Å²) < 4.78 is 5.01. The number of furan rings is 1. The molecule has 3 aliphatic rings. The van der Waals surface area contributed by atoms with Crippen LogP contribution in [0.1, 0.15) is 5.56 Å². The van der Waals surface area contributed by atoms with Gasteiger partial charge in [-0.25, -0.2) is 10.5 Å². The van der Waals surface area contributed by atoms with Gasteiger partial charge < -0.3 is 9.25 Å². The molecule has 0 aromatic carbocycles. The van der Waals surface area contributed by atoms with Crippen LogP contribution in [0.4, 0.5) is 0 Å². The van der Waals surface area contributed by atoms with Crippen molar-refractivity contribution >= 4 is 23.2 Å². The summed E-state index contributed by atoms with van der Waals surface area (Å²) in [5.74, 6) is -2.11. The molecule has 28 heavy (non-hydrogen) atoms. The Balaban J connectivity index is 1.70. The summed E-state index contributed by atoms with van der Waals surface area (Å²) in [4.78, 5) is 42.6. The highest BCUT2D eigenvalue weighted by atomic mass is 16.7. The summed E-state index contributed by atoms with van der Waals surface area (Å²) in [5.41, 5.74) is 3.23. The molecule has 0 amide bonds. The van der Waals surface area contributed by atoms with E-state index >= 15 is 0 Å². The summed E-state index contributed by atoms with van der Waals surface area (Å²) in [6, 6.07) is 1.66. The number of hydrogen-bond donors (Lipinski definition) is 2. The number of nitro groups is 1. The Labute approximate surface area is 156 Å². The van der Waals surface area contributed by atoms with E-state index in [1.165, 1.54) is 18.7 Å². The number of ketones is 2. The highest BCUT2D eigenvalue weighted by Crippen LogP contribution is 2.28. The van der Waals surface area contributed by atoms with E-state index in [0.717, 1.165) is 17.2 Å². The lowest BCUT2D eigenvalue weighted by Crippen LogP contribution is -2.25. The number of hydrogen-bond acceptors (Lipinski definition) is 10. The van der Waals surface area contributed by atoms with E-state index in [9.17, 15) is 24.9 Å². The fraction of sp³-hybridized carbons (Fsp3) is 0. The average Bonchev–Trinajstić information content (AvgIpc) is 3.36. The van der Waals surface area contributed by atoms with Crippen LogP contribution in [-0.2, 0) is 14.4 Å². The summed E-state index contributed by atoms with van der Waals surface area (Å²) in [6.45, 7) is 0. The summed E-state index contributed by atoms with van der Waals surface area (Å²) in [6.07, 6.45) is 9.28. The van der Waals surface area contributed by atoms with Gasteiger partial charge in [-0.2, -0.15) is 4.99 Å². The average molecular weight is 382 g/mol. The van der Waals surface area contributed by atoms with Crippen LogP contribution in [0.2, 0.25) is 0 Å². The molecule has 0 spiro atoms. The number of rotatable bonds is 3. The first-order valence-corrected chi connectivity index (χ1v) is 7.77. The Morgan fingerprint density at radius 1 is 1.25 bits per heavy atom. The molecular formula is C17H10N4O7. The van der Waals surface area contributed by atoms with Crippen LogP contribution in [0.5, 0.6) is 0 Å². The highest BCUT2D eigenvalue weighted by Gasteiger charge is 2.34. The number of carbonyl (C=O) groups is 2. The van der Waals surface area contributed by atoms with Crippen molar-refractivity contribution in [2.45, 2.75) is 0 Å². The summed E-state index contributed by atoms with van der Waals surface area (Å²) >= 11 is 0. The minimum atomic E-state index is -1.20. The molecule has 0 radical (unpaired) electrons. The van der Waals surface area contributed by atoms with Crippen LogP contribution in [0.25, 0.3) is 5.70 Å². The van der Waals surface area contributed by atoms with Crippen LogP contribution in [0, 0.1) is 10.1 Å². The van der Waals surface area contributed by atoms with E-state index in [1.807, 2.05) is 0 Å². The summed E-state index contributed by atoms with van der Waals surface area (Å²) in [5, 5.41) is 21.8. The number of hydroxylamine groups is 3. The van der Waals surface area contributed by atoms with Crippen molar-refractivity contribution in [2.75, 3.05) is 0 Å². The Kier molecular flexibility index (Phi) is 3.98. The molecule has 1 aliphatic carbocycles. The lowest BCUT2D eigenvalue weighted by Gasteiger charge is -2.19. The molecule has 0 bridgehead atoms. The maximum atomic E-state index is 11.7. The zero-order valence-electron chi connectivity index (χ0n) is 13.9. The monoisotopic (exact) mass is 382 g/mol. The normalized spacial score (nSPS) is 21.5. The molecule has 0 atom stereocenters. The third-order valence-electron chi connectivity index (χ3n) is 3.96. The van der Waals surface area contributed by atoms with Crippen LogP contribution < -0.4 is 5.48 Å². The molecular weight excluding hydrogens is 372 g/mol. The van der Waals surface area contributed by atoms with Crippen molar-refractivity contribution in [3.63, 3.8) is 0 Å². The second-order valence-electron chi connectivity index (χ2n) is 5.71. The number of Topliss-reactive ketones (excluding diaryl/α,β-unsaturated/α-hetero) is 1. The van der Waals surface area contributed by atoms with Crippen molar-refractivity contribution in [1.29, 1.82) is 0 Å². The maximum absolute atomic E-state index is 11.7. The predicted molar refractivity (Wildman–Crippen MR) is 91.3 cm³/mol. The Hall–Kier alpha value is -4.25. The van der Waals surface area contributed by atoms with E-state index in [-0.39, 0.29) is 17.3 Å². The van der Waals surface area contributed by atoms with Crippen LogP contribution >= 0.6 is 0 Å². The Morgan fingerprint density at radius 3 is 2.79 bits per heavy atom. The first kappa shape index (κ1) is 17.2. The predicted octanol–water partition coefficient (Wildman–Crippen LogP) is 1.22. The molecule has 1 aromatic heterocycles. The molecule has 2 N–H and O–H groups in total. The molecule has 0 unspecified atom stereocenters. The Morgan fingerprint density at radius 2 is 2.07 bits per heavy atom. The molecule has 3 heterocycles. The number of nitrogens with zero attached hydrogens (tertiary/aromatic N) is 3. The lowest BCUT2D eigenvalue weighted by molar-refractivity contribution is -0.418. The van der Waals surface area contributed by atoms with Crippen molar-refractivity contribution in [3.05, 3.63) is 87.4 Å². The summed E-state index contributed by atoms with van der Waals surface area (Å²) in [7, 11) is 0. The highest BCUT2D eigenvalue weighted by molar-refractivity contribution is 6.48. The van der Waals surface area contributed by atoms with Crippen LogP contribution in [-0.4, -0.2) is 32.7 Å². The first-order chi connectivity index (χ1) is 13.4. The molecule has 2 aliphatic heterocycles. The topological polar surface area (TPSA) is 148 Å². The molecule has 11 nitrogen and oxygen atoms in total. The first-order valence-electron chi connectivity index (χ1n) is 7.77. The van der Waals surface area contributed by atoms with Gasteiger partial charge in [0.15, 0.2) is 5.82 Å². The van der Waals surface area contributed by atoms with Crippen molar-refractivity contribution in [1.82, 2.24) is 10.5 Å². The van der Waals surface area contributed by atoms with Gasteiger partial charge in [0.05, 0.1) is 28.7 Å². The zero-order chi connectivity index (χ0) is 19.8. The fourth-order valence-electron chi connectivity index (χ4n) is 2.60. The number of nitrogens with one attached hydrogen (secondary N) is 1. The van der Waals surface area contributed by atoms with Crippen LogP contribution in [0.3, 0.4) is 0 Å². The lowest BCUT2D eigenvalue weighted by atomic mass is 10.0. The van der Waals surface area contributed by atoms with E-state index in [1.54, 1.807) is 18.2 Å². The number of carbonyl (C=O) groups excluding carboxylic acids is 2. The molecule has 0 saturated carbocycles. The quantitative estimate of drug-likeness (QED) is 0.341. The second kappa shape index (κ2) is 6.48. The third kappa shape index (κ3) is 2.91. The van der Waals surface area contributed by atoms with Crippen molar-refractivity contribution in [2.24, 2.45) is 4.99 Å². The van der Waals surface area contributed by atoms with Gasteiger partial charge in [0.25, 0.3) is 5.90 Å². The van der Waals surface area contributed by atoms with Gasteiger partial charge >= 0.3 is 11.5 Å². The van der Waals surface area contributed by atoms with E-state index in [4.69, 9.17) is 9.25 Å². The fourth-order valence-corrected chi connectivity index (χ4v) is 2.60. The number of allylic oxidation sites excluding steroid dienone is 5. The van der Waals surface area contributed by atoms with E-state index < -0.39 is 22.2 Å². The SMILES string of the molecule is O=C1C=C(C2=NC(=C3C=CN(O)C(c4ccoc4)=C3)NO2)C=C([N+](=O)[O-])C1=O. The smallest absolute Gasteiger partial charge is 0.321 e. The van der Waals surface area contributed by atoms with E-state index in [0.29, 0.717) is 16.8 Å². The molecule has 0 fully saturated rings. The standard InChI is InChI=1S/C17H10N4O7/c22-14-7-11(6-13(15(14)23)21(25)26)17-18-16(19-28-17)9-1-3-20(24)12(5-9)10-2-4-27-8-10/h1-8,19,24H.